The number of hydrogen-bond acceptors (Lipinski definition) is 5. The first kappa shape index (κ1) is 19.1. The molecule has 7 heteroatoms. The predicted octanol–water partition coefficient (Wildman–Crippen LogP) is 4.58. The van der Waals surface area contributed by atoms with E-state index in [0.717, 1.165) is 46.9 Å². The van der Waals surface area contributed by atoms with E-state index in [2.05, 4.69) is 25.8 Å². The zero-order valence-electron chi connectivity index (χ0n) is 16.5. The Balaban J connectivity index is 1.45. The van der Waals surface area contributed by atoms with Crippen molar-refractivity contribution in [1.82, 2.24) is 19.7 Å². The van der Waals surface area contributed by atoms with Gasteiger partial charge in [0.15, 0.2) is 16.8 Å². The van der Waals surface area contributed by atoms with Crippen molar-refractivity contribution >= 4 is 28.4 Å². The highest BCUT2D eigenvalue weighted by Gasteiger charge is 2.23. The molecule has 1 saturated heterocycles. The molecule has 30 heavy (non-hydrogen) atoms. The Morgan fingerprint density at radius 1 is 1.13 bits per heavy atom. The van der Waals surface area contributed by atoms with Crippen LogP contribution in [-0.4, -0.2) is 44.0 Å². The number of nitrogens with zero attached hydrogens (tertiary/aromatic N) is 3. The van der Waals surface area contributed by atoms with Crippen LogP contribution in [0.5, 0.6) is 0 Å². The first-order valence-corrected chi connectivity index (χ1v) is 11.1. The van der Waals surface area contributed by atoms with Crippen molar-refractivity contribution in [2.45, 2.75) is 30.6 Å². The summed E-state index contributed by atoms with van der Waals surface area (Å²) in [5.41, 5.74) is 2.79. The van der Waals surface area contributed by atoms with E-state index in [1.54, 1.807) is 0 Å². The molecule has 2 aromatic heterocycles. The van der Waals surface area contributed by atoms with Gasteiger partial charge in [-0.05, 0) is 18.9 Å². The third-order valence-electron chi connectivity index (χ3n) is 5.39. The normalized spacial score (nSPS) is 16.3. The molecule has 2 aromatic carbocycles. The molecule has 1 aliphatic heterocycles. The van der Waals surface area contributed by atoms with Crippen LogP contribution in [0.15, 0.2) is 66.0 Å². The Bertz CT molecular complexity index is 1160. The van der Waals surface area contributed by atoms with Crippen LogP contribution in [0, 0.1) is 0 Å². The number of aromatic nitrogens is 4. The quantitative estimate of drug-likeness (QED) is 0.351. The molecule has 0 radical (unpaired) electrons. The highest BCUT2D eigenvalue weighted by Crippen LogP contribution is 2.31. The van der Waals surface area contributed by atoms with Crippen molar-refractivity contribution in [3.8, 4) is 11.4 Å². The van der Waals surface area contributed by atoms with Crippen molar-refractivity contribution < 1.29 is 9.53 Å². The third-order valence-corrected chi connectivity index (χ3v) is 6.35. The number of carbonyl (C=O) groups excluding carboxylic acids is 1. The largest absolute Gasteiger partial charge is 0.376 e. The summed E-state index contributed by atoms with van der Waals surface area (Å²) in [5.74, 6) is 1.21. The Kier molecular flexibility index (Phi) is 5.38. The molecule has 1 N–H and O–H groups in total. The molecule has 152 valence electrons. The second kappa shape index (κ2) is 8.45. The van der Waals surface area contributed by atoms with E-state index in [9.17, 15) is 4.79 Å². The number of para-hydroxylation sites is 1. The number of H-pyrrole nitrogens is 1. The molecule has 1 unspecified atom stereocenters. The molecule has 0 saturated carbocycles. The van der Waals surface area contributed by atoms with Crippen molar-refractivity contribution in [1.29, 1.82) is 0 Å². The summed E-state index contributed by atoms with van der Waals surface area (Å²) in [4.78, 5) is 15.9. The Morgan fingerprint density at radius 3 is 2.80 bits per heavy atom. The minimum atomic E-state index is 0.0842. The summed E-state index contributed by atoms with van der Waals surface area (Å²) < 4.78 is 7.98. The standard InChI is InChI=1S/C23H22N4O2S/c28-21(16-7-2-1-3-8-16)15-30-23-26-25-22(27(23)14-17-9-6-12-29-17)19-13-24-20-11-5-4-10-18(19)20/h1-5,7-8,10-11,13,17,24H,6,9,12,14-15H2. The van der Waals surface area contributed by atoms with Crippen LogP contribution in [0.1, 0.15) is 23.2 Å². The molecule has 0 bridgehead atoms. The zero-order valence-corrected chi connectivity index (χ0v) is 17.3. The van der Waals surface area contributed by atoms with Crippen molar-refractivity contribution in [3.63, 3.8) is 0 Å². The van der Waals surface area contributed by atoms with Gasteiger partial charge in [-0.3, -0.25) is 9.36 Å². The fourth-order valence-corrected chi connectivity index (χ4v) is 4.69. The molecule has 0 amide bonds. The van der Waals surface area contributed by atoms with Gasteiger partial charge in [0.2, 0.25) is 0 Å². The van der Waals surface area contributed by atoms with Crippen molar-refractivity contribution in [3.05, 3.63) is 66.4 Å². The Hall–Kier alpha value is -2.90. The number of ether oxygens (including phenoxy) is 1. The summed E-state index contributed by atoms with van der Waals surface area (Å²) in [7, 11) is 0. The minimum absolute atomic E-state index is 0.0842. The lowest BCUT2D eigenvalue weighted by Crippen LogP contribution is -2.17. The van der Waals surface area contributed by atoms with Crippen LogP contribution in [0.2, 0.25) is 0 Å². The number of rotatable bonds is 7. The summed E-state index contributed by atoms with van der Waals surface area (Å²) in [6.45, 7) is 1.48. The molecule has 1 aliphatic rings. The average molecular weight is 419 g/mol. The van der Waals surface area contributed by atoms with Gasteiger partial charge in [-0.25, -0.2) is 0 Å². The minimum Gasteiger partial charge on any atom is -0.376 e. The number of fused-ring (bicyclic) bond motifs is 1. The van der Waals surface area contributed by atoms with E-state index in [1.807, 2.05) is 54.7 Å². The van der Waals surface area contributed by atoms with E-state index in [1.165, 1.54) is 11.8 Å². The maximum absolute atomic E-state index is 12.6. The monoisotopic (exact) mass is 418 g/mol. The SMILES string of the molecule is O=C(CSc1nnc(-c2c[nH]c3ccccc23)n1CC1CCCO1)c1ccccc1. The molecule has 5 rings (SSSR count). The number of Topliss-reactive ketones (excluding diaryl/α,β-unsaturated/α-hetero) is 1. The second-order valence-electron chi connectivity index (χ2n) is 7.38. The molecular weight excluding hydrogens is 396 g/mol. The predicted molar refractivity (Wildman–Crippen MR) is 118 cm³/mol. The number of benzene rings is 2. The highest BCUT2D eigenvalue weighted by molar-refractivity contribution is 7.99. The van der Waals surface area contributed by atoms with Gasteiger partial charge < -0.3 is 9.72 Å². The molecule has 4 aromatic rings. The zero-order chi connectivity index (χ0) is 20.3. The highest BCUT2D eigenvalue weighted by atomic mass is 32.2. The van der Waals surface area contributed by atoms with E-state index in [4.69, 9.17) is 4.74 Å². The molecule has 0 spiro atoms. The smallest absolute Gasteiger partial charge is 0.192 e. The van der Waals surface area contributed by atoms with Gasteiger partial charge in [0.05, 0.1) is 18.4 Å². The van der Waals surface area contributed by atoms with E-state index in [0.29, 0.717) is 17.9 Å². The molecule has 3 heterocycles. The summed E-state index contributed by atoms with van der Waals surface area (Å²) in [6, 6.07) is 17.5. The first-order valence-electron chi connectivity index (χ1n) is 10.1. The van der Waals surface area contributed by atoms with Crippen LogP contribution in [0.3, 0.4) is 0 Å². The van der Waals surface area contributed by atoms with Gasteiger partial charge in [-0.1, -0.05) is 60.3 Å². The van der Waals surface area contributed by atoms with Crippen LogP contribution in [0.4, 0.5) is 0 Å². The topological polar surface area (TPSA) is 72.8 Å². The number of thioether (sulfide) groups is 1. The van der Waals surface area contributed by atoms with Crippen LogP contribution in [0.25, 0.3) is 22.3 Å². The molecule has 1 atom stereocenters. The number of aromatic amines is 1. The second-order valence-corrected chi connectivity index (χ2v) is 8.32. The van der Waals surface area contributed by atoms with Gasteiger partial charge >= 0.3 is 0 Å². The lowest BCUT2D eigenvalue weighted by molar-refractivity contribution is 0.0953. The summed E-state index contributed by atoms with van der Waals surface area (Å²) in [5, 5.41) is 10.8. The molecular formula is C23H22N4O2S. The fourth-order valence-electron chi connectivity index (χ4n) is 3.85. The maximum Gasteiger partial charge on any atom is 0.192 e. The lowest BCUT2D eigenvalue weighted by atomic mass is 10.1. The van der Waals surface area contributed by atoms with E-state index in [-0.39, 0.29) is 11.9 Å². The van der Waals surface area contributed by atoms with Crippen molar-refractivity contribution in [2.24, 2.45) is 0 Å². The molecule has 6 nitrogen and oxygen atoms in total. The first-order chi connectivity index (χ1) is 14.8. The van der Waals surface area contributed by atoms with Gasteiger partial charge in [-0.15, -0.1) is 10.2 Å². The van der Waals surface area contributed by atoms with Gasteiger partial charge in [0, 0.05) is 34.8 Å². The van der Waals surface area contributed by atoms with Crippen LogP contribution in [-0.2, 0) is 11.3 Å². The Morgan fingerprint density at radius 2 is 1.97 bits per heavy atom. The number of nitrogens with one attached hydrogen (secondary N) is 1. The van der Waals surface area contributed by atoms with E-state index >= 15 is 0 Å². The van der Waals surface area contributed by atoms with Gasteiger partial charge in [-0.2, -0.15) is 0 Å². The number of hydrogen-bond donors (Lipinski definition) is 1. The number of ketones is 1. The third kappa shape index (κ3) is 3.78. The Labute approximate surface area is 178 Å². The lowest BCUT2D eigenvalue weighted by Gasteiger charge is -2.14. The molecule has 0 aliphatic carbocycles. The average Bonchev–Trinajstić information content (AvgIpc) is 3.53. The van der Waals surface area contributed by atoms with Crippen LogP contribution < -0.4 is 0 Å². The van der Waals surface area contributed by atoms with Crippen LogP contribution >= 0.6 is 11.8 Å². The fraction of sp³-hybridized carbons (Fsp3) is 0.261. The summed E-state index contributed by atoms with van der Waals surface area (Å²) >= 11 is 1.43. The maximum atomic E-state index is 12.6. The molecule has 1 fully saturated rings. The number of carbonyl (C=O) groups is 1. The summed E-state index contributed by atoms with van der Waals surface area (Å²) in [6.07, 6.45) is 4.22. The van der Waals surface area contributed by atoms with E-state index < -0.39 is 0 Å². The van der Waals surface area contributed by atoms with Gasteiger partial charge in [0.25, 0.3) is 0 Å². The van der Waals surface area contributed by atoms with Crippen molar-refractivity contribution in [2.75, 3.05) is 12.4 Å². The van der Waals surface area contributed by atoms with Gasteiger partial charge in [0.1, 0.15) is 0 Å².